The smallest absolute Gasteiger partial charge is 0.307 e. The van der Waals surface area contributed by atoms with Gasteiger partial charge in [0, 0.05) is 6.04 Å². The normalized spacial score (nSPS) is 34.4. The minimum absolute atomic E-state index is 0.00139. The topological polar surface area (TPSA) is 29.5 Å². The molecule has 0 spiro atoms. The average molecular weight is 243 g/mol. The Kier molecular flexibility index (Phi) is 2.60. The van der Waals surface area contributed by atoms with Crippen molar-refractivity contribution in [3.63, 3.8) is 0 Å². The lowest BCUT2D eigenvalue weighted by atomic mass is 10.3. The number of cyclic esters (lactones) is 1. The predicted octanol–water partition coefficient (Wildman–Crippen LogP) is 2.03. The molecule has 2 rings (SSSR count). The molecule has 0 aromatic carbocycles. The summed E-state index contributed by atoms with van der Waals surface area (Å²) in [6.45, 7) is 10.4. The van der Waals surface area contributed by atoms with Crippen LogP contribution in [0.2, 0.25) is 38.3 Å². The standard InChI is InChI=1S/C10H21NO2Si2/c1-14(2)5-6-15(3,4)11(14)9-7-10(12)13-8-9/h9H,5-8H2,1-4H3. The Morgan fingerprint density at radius 1 is 1.20 bits per heavy atom. The van der Waals surface area contributed by atoms with Gasteiger partial charge >= 0.3 is 5.97 Å². The number of hydrogen-bond donors (Lipinski definition) is 0. The van der Waals surface area contributed by atoms with Gasteiger partial charge < -0.3 is 8.97 Å². The highest BCUT2D eigenvalue weighted by Gasteiger charge is 2.51. The first-order valence-corrected chi connectivity index (χ1v) is 12.1. The first-order chi connectivity index (χ1) is 6.83. The number of esters is 1. The van der Waals surface area contributed by atoms with E-state index in [1.54, 1.807) is 0 Å². The molecule has 0 N–H and O–H groups in total. The molecule has 2 aliphatic rings. The van der Waals surface area contributed by atoms with Crippen molar-refractivity contribution in [3.8, 4) is 0 Å². The van der Waals surface area contributed by atoms with Gasteiger partial charge in [0.2, 0.25) is 0 Å². The van der Waals surface area contributed by atoms with Crippen LogP contribution < -0.4 is 0 Å². The van der Waals surface area contributed by atoms with Gasteiger partial charge in [0.15, 0.2) is 0 Å². The van der Waals surface area contributed by atoms with E-state index in [2.05, 4.69) is 30.4 Å². The maximum Gasteiger partial charge on any atom is 0.307 e. The summed E-state index contributed by atoms with van der Waals surface area (Å²) in [6, 6.07) is 3.21. The van der Waals surface area contributed by atoms with Crippen molar-refractivity contribution >= 4 is 22.4 Å². The molecule has 2 saturated heterocycles. The molecule has 0 aromatic heterocycles. The lowest BCUT2D eigenvalue weighted by Crippen LogP contribution is -2.59. The van der Waals surface area contributed by atoms with E-state index in [4.69, 9.17) is 4.74 Å². The van der Waals surface area contributed by atoms with Crippen molar-refractivity contribution in [2.45, 2.75) is 50.7 Å². The summed E-state index contributed by atoms with van der Waals surface area (Å²) >= 11 is 0. The molecule has 0 bridgehead atoms. The molecular formula is C10H21NO2Si2. The van der Waals surface area contributed by atoms with Crippen LogP contribution in [0.4, 0.5) is 0 Å². The lowest BCUT2D eigenvalue weighted by Gasteiger charge is -2.42. The summed E-state index contributed by atoms with van der Waals surface area (Å²) in [4.78, 5) is 11.2. The van der Waals surface area contributed by atoms with Gasteiger partial charge in [0.25, 0.3) is 0 Å². The Bertz CT molecular complexity index is 275. The zero-order chi connectivity index (χ0) is 11.3. The molecule has 0 aromatic rings. The van der Waals surface area contributed by atoms with E-state index in [9.17, 15) is 4.79 Å². The second-order valence-electron chi connectivity index (χ2n) is 6.04. The summed E-state index contributed by atoms with van der Waals surface area (Å²) in [5.74, 6) is 0.00139. The van der Waals surface area contributed by atoms with Crippen molar-refractivity contribution in [1.82, 2.24) is 4.23 Å². The van der Waals surface area contributed by atoms with Crippen LogP contribution in [0.5, 0.6) is 0 Å². The monoisotopic (exact) mass is 243 g/mol. The zero-order valence-electron chi connectivity index (χ0n) is 10.2. The molecule has 3 nitrogen and oxygen atoms in total. The third kappa shape index (κ3) is 1.92. The SMILES string of the molecule is C[Si]1(C)CC[Si](C)(C)N1C1COC(=O)C1. The van der Waals surface area contributed by atoms with Crippen LogP contribution in [0, 0.1) is 0 Å². The molecule has 0 aliphatic carbocycles. The molecule has 1 unspecified atom stereocenters. The molecule has 15 heavy (non-hydrogen) atoms. The van der Waals surface area contributed by atoms with Crippen LogP contribution in [0.3, 0.4) is 0 Å². The summed E-state index contributed by atoms with van der Waals surface area (Å²) in [5.41, 5.74) is 0. The highest BCUT2D eigenvalue weighted by Crippen LogP contribution is 2.40. The fraction of sp³-hybridized carbons (Fsp3) is 0.900. The number of carbonyl (C=O) groups is 1. The van der Waals surface area contributed by atoms with Crippen LogP contribution >= 0.6 is 0 Å². The Morgan fingerprint density at radius 2 is 1.73 bits per heavy atom. The summed E-state index contributed by atoms with van der Waals surface area (Å²) in [6.07, 6.45) is 0.632. The van der Waals surface area contributed by atoms with Gasteiger partial charge in [-0.1, -0.05) is 26.2 Å². The Morgan fingerprint density at radius 3 is 2.13 bits per heavy atom. The second-order valence-corrected chi connectivity index (χ2v) is 15.7. The maximum atomic E-state index is 11.2. The van der Waals surface area contributed by atoms with E-state index in [1.165, 1.54) is 12.1 Å². The third-order valence-electron chi connectivity index (χ3n) is 3.86. The molecule has 2 heterocycles. The fourth-order valence-electron chi connectivity index (χ4n) is 3.33. The molecule has 2 aliphatic heterocycles. The van der Waals surface area contributed by atoms with E-state index in [1.807, 2.05) is 0 Å². The Balaban J connectivity index is 2.21. The Labute approximate surface area is 94.0 Å². The van der Waals surface area contributed by atoms with Crippen LogP contribution in [0.1, 0.15) is 6.42 Å². The van der Waals surface area contributed by atoms with E-state index in [0.717, 1.165) is 0 Å². The van der Waals surface area contributed by atoms with Gasteiger partial charge in [-0.05, 0) is 12.1 Å². The third-order valence-corrected chi connectivity index (χ3v) is 14.3. The number of nitrogens with zero attached hydrogens (tertiary/aromatic N) is 1. The summed E-state index contributed by atoms with van der Waals surface area (Å²) in [7, 11) is -2.47. The van der Waals surface area contributed by atoms with E-state index in [-0.39, 0.29) is 5.97 Å². The highest BCUT2D eigenvalue weighted by molar-refractivity contribution is 6.95. The van der Waals surface area contributed by atoms with Crippen molar-refractivity contribution in [2.75, 3.05) is 6.61 Å². The minimum Gasteiger partial charge on any atom is -0.464 e. The lowest BCUT2D eigenvalue weighted by molar-refractivity contribution is -0.137. The first kappa shape index (κ1) is 11.4. The summed E-state index contributed by atoms with van der Waals surface area (Å²) in [5, 5.41) is 0. The molecule has 0 saturated carbocycles. The van der Waals surface area contributed by atoms with E-state index >= 15 is 0 Å². The van der Waals surface area contributed by atoms with Gasteiger partial charge in [-0.2, -0.15) is 0 Å². The fourth-order valence-corrected chi connectivity index (χ4v) is 18.2. The number of rotatable bonds is 1. The second kappa shape index (κ2) is 3.43. The van der Waals surface area contributed by atoms with Crippen molar-refractivity contribution < 1.29 is 9.53 Å². The average Bonchev–Trinajstić information content (AvgIpc) is 2.55. The molecule has 0 amide bonds. The van der Waals surface area contributed by atoms with Crippen LogP contribution in [0.15, 0.2) is 0 Å². The van der Waals surface area contributed by atoms with Crippen molar-refractivity contribution in [2.24, 2.45) is 0 Å². The molecule has 1 atom stereocenters. The zero-order valence-corrected chi connectivity index (χ0v) is 12.2. The highest BCUT2D eigenvalue weighted by atomic mass is 28.4. The maximum absolute atomic E-state index is 11.2. The minimum atomic E-state index is -1.24. The van der Waals surface area contributed by atoms with Crippen molar-refractivity contribution in [3.05, 3.63) is 0 Å². The van der Waals surface area contributed by atoms with Crippen LogP contribution in [0.25, 0.3) is 0 Å². The van der Waals surface area contributed by atoms with Gasteiger partial charge in [-0.25, -0.2) is 0 Å². The molecular weight excluding hydrogens is 222 g/mol. The number of carbonyl (C=O) groups excluding carboxylic acids is 1. The molecule has 5 heteroatoms. The Hall–Kier alpha value is -0.136. The van der Waals surface area contributed by atoms with Crippen LogP contribution in [-0.4, -0.2) is 39.3 Å². The quantitative estimate of drug-likeness (QED) is 0.521. The van der Waals surface area contributed by atoms with Gasteiger partial charge in [-0.15, -0.1) is 0 Å². The van der Waals surface area contributed by atoms with E-state index in [0.29, 0.717) is 19.1 Å². The molecule has 2 fully saturated rings. The largest absolute Gasteiger partial charge is 0.464 e. The van der Waals surface area contributed by atoms with Crippen LogP contribution in [-0.2, 0) is 9.53 Å². The van der Waals surface area contributed by atoms with Gasteiger partial charge in [0.1, 0.15) is 23.1 Å². The summed E-state index contributed by atoms with van der Waals surface area (Å²) < 4.78 is 7.90. The molecule has 86 valence electrons. The molecule has 0 radical (unpaired) electrons. The van der Waals surface area contributed by atoms with Gasteiger partial charge in [0.05, 0.1) is 6.42 Å². The predicted molar refractivity (Wildman–Crippen MR) is 65.8 cm³/mol. The number of ether oxygens (including phenoxy) is 1. The first-order valence-electron chi connectivity index (χ1n) is 5.78. The van der Waals surface area contributed by atoms with Gasteiger partial charge in [-0.3, -0.25) is 4.79 Å². The van der Waals surface area contributed by atoms with Crippen molar-refractivity contribution in [1.29, 1.82) is 0 Å². The number of hydrogen-bond acceptors (Lipinski definition) is 3. The van der Waals surface area contributed by atoms with E-state index < -0.39 is 16.5 Å².